The van der Waals surface area contributed by atoms with E-state index < -0.39 is 0 Å². The molecule has 6 heteroatoms. The van der Waals surface area contributed by atoms with Gasteiger partial charge in [-0.3, -0.25) is 9.47 Å². The number of piperazine rings is 1. The number of nitrogens with zero attached hydrogens (tertiary/aromatic N) is 5. The van der Waals surface area contributed by atoms with E-state index in [4.69, 9.17) is 6.42 Å². The number of aromatic amines is 1. The molecule has 0 saturated carbocycles. The maximum Gasteiger partial charge on any atom is 0.123 e. The molecule has 0 aliphatic carbocycles. The van der Waals surface area contributed by atoms with Gasteiger partial charge < -0.3 is 9.88 Å². The number of aromatic nitrogens is 4. The molecule has 1 aromatic carbocycles. The van der Waals surface area contributed by atoms with E-state index in [0.29, 0.717) is 0 Å². The van der Waals surface area contributed by atoms with Crippen molar-refractivity contribution in [2.75, 3.05) is 39.3 Å². The van der Waals surface area contributed by atoms with Gasteiger partial charge in [0.2, 0.25) is 0 Å². The molecule has 1 N–H and O–H groups in total. The number of rotatable bonds is 6. The second-order valence-electron chi connectivity index (χ2n) is 6.84. The SMILES string of the molecule is C#CCN1CCN(CCCc2c[nH]c3ccc(-n4cnnc4)cc23)CC1. The Hall–Kier alpha value is -2.62. The summed E-state index contributed by atoms with van der Waals surface area (Å²) in [6, 6.07) is 6.42. The number of aryl methyl sites for hydroxylation is 1. The molecular formula is C20H24N6. The molecule has 26 heavy (non-hydrogen) atoms. The topological polar surface area (TPSA) is 53.0 Å². The minimum atomic E-state index is 0.776. The van der Waals surface area contributed by atoms with Gasteiger partial charge in [0, 0.05) is 49.0 Å². The fourth-order valence-corrected chi connectivity index (χ4v) is 3.66. The Bertz CT molecular complexity index is 881. The van der Waals surface area contributed by atoms with Gasteiger partial charge in [-0.25, -0.2) is 0 Å². The Morgan fingerprint density at radius 1 is 1.08 bits per heavy atom. The van der Waals surface area contributed by atoms with Gasteiger partial charge in [-0.2, -0.15) is 0 Å². The summed E-state index contributed by atoms with van der Waals surface area (Å²) < 4.78 is 1.94. The number of benzene rings is 1. The molecule has 4 rings (SSSR count). The number of hydrogen-bond donors (Lipinski definition) is 1. The van der Waals surface area contributed by atoms with Crippen molar-refractivity contribution in [3.05, 3.63) is 42.6 Å². The standard InChI is InChI=1S/C20H24N6/c1-2-7-24-9-11-25(12-10-24)8-3-4-17-14-21-20-6-5-18(13-19(17)20)26-15-22-23-16-26/h1,5-6,13-16,21H,3-4,7-12H2. The number of fused-ring (bicyclic) bond motifs is 1. The molecule has 0 unspecified atom stereocenters. The van der Waals surface area contributed by atoms with E-state index in [-0.39, 0.29) is 0 Å². The van der Waals surface area contributed by atoms with Crippen molar-refractivity contribution in [2.45, 2.75) is 12.8 Å². The van der Waals surface area contributed by atoms with Crippen molar-refractivity contribution in [1.29, 1.82) is 0 Å². The predicted octanol–water partition coefficient (Wildman–Crippen LogP) is 1.93. The van der Waals surface area contributed by atoms with Crippen LogP contribution in [0.3, 0.4) is 0 Å². The van der Waals surface area contributed by atoms with Crippen molar-refractivity contribution in [3.8, 4) is 18.0 Å². The van der Waals surface area contributed by atoms with Gasteiger partial charge in [-0.15, -0.1) is 16.6 Å². The fourth-order valence-electron chi connectivity index (χ4n) is 3.66. The van der Waals surface area contributed by atoms with Crippen LogP contribution in [0.4, 0.5) is 0 Å². The maximum atomic E-state index is 5.40. The van der Waals surface area contributed by atoms with Gasteiger partial charge in [0.05, 0.1) is 6.54 Å². The average Bonchev–Trinajstić information content (AvgIpc) is 3.33. The van der Waals surface area contributed by atoms with Crippen LogP contribution in [0.25, 0.3) is 16.6 Å². The third-order valence-electron chi connectivity index (χ3n) is 5.17. The van der Waals surface area contributed by atoms with Crippen molar-refractivity contribution in [1.82, 2.24) is 29.5 Å². The zero-order valence-corrected chi connectivity index (χ0v) is 14.9. The molecule has 134 valence electrons. The maximum absolute atomic E-state index is 5.40. The Kier molecular flexibility index (Phi) is 5.00. The van der Waals surface area contributed by atoms with Crippen LogP contribution in [0.5, 0.6) is 0 Å². The Morgan fingerprint density at radius 3 is 2.62 bits per heavy atom. The lowest BCUT2D eigenvalue weighted by molar-refractivity contribution is 0.143. The fraction of sp³-hybridized carbons (Fsp3) is 0.400. The first-order valence-electron chi connectivity index (χ1n) is 9.16. The summed E-state index contributed by atoms with van der Waals surface area (Å²) in [5, 5.41) is 9.07. The normalized spacial score (nSPS) is 16.1. The van der Waals surface area contributed by atoms with Crippen LogP contribution in [0, 0.1) is 12.3 Å². The molecule has 1 aliphatic heterocycles. The van der Waals surface area contributed by atoms with Gasteiger partial charge in [0.1, 0.15) is 12.7 Å². The van der Waals surface area contributed by atoms with Crippen LogP contribution in [0.15, 0.2) is 37.1 Å². The molecule has 1 fully saturated rings. The molecule has 3 heterocycles. The number of nitrogens with one attached hydrogen (secondary N) is 1. The zero-order valence-electron chi connectivity index (χ0n) is 14.9. The number of hydrogen-bond acceptors (Lipinski definition) is 4. The van der Waals surface area contributed by atoms with E-state index in [1.165, 1.54) is 22.9 Å². The van der Waals surface area contributed by atoms with Crippen molar-refractivity contribution >= 4 is 10.9 Å². The highest BCUT2D eigenvalue weighted by atomic mass is 15.3. The van der Waals surface area contributed by atoms with E-state index in [9.17, 15) is 0 Å². The van der Waals surface area contributed by atoms with Crippen molar-refractivity contribution in [2.24, 2.45) is 0 Å². The quantitative estimate of drug-likeness (QED) is 0.692. The summed E-state index contributed by atoms with van der Waals surface area (Å²) >= 11 is 0. The van der Waals surface area contributed by atoms with E-state index in [2.05, 4.69) is 55.3 Å². The lowest BCUT2D eigenvalue weighted by Gasteiger charge is -2.33. The van der Waals surface area contributed by atoms with E-state index in [0.717, 1.165) is 51.4 Å². The lowest BCUT2D eigenvalue weighted by Crippen LogP contribution is -2.46. The molecule has 0 amide bonds. The molecule has 0 radical (unpaired) electrons. The molecule has 6 nitrogen and oxygen atoms in total. The Balaban J connectivity index is 1.36. The number of H-pyrrole nitrogens is 1. The van der Waals surface area contributed by atoms with E-state index in [1.54, 1.807) is 12.7 Å². The van der Waals surface area contributed by atoms with Crippen LogP contribution in [-0.4, -0.2) is 68.8 Å². The Labute approximate surface area is 153 Å². The highest BCUT2D eigenvalue weighted by Gasteiger charge is 2.15. The molecule has 0 spiro atoms. The van der Waals surface area contributed by atoms with Gasteiger partial charge >= 0.3 is 0 Å². The lowest BCUT2D eigenvalue weighted by atomic mass is 10.1. The first-order chi connectivity index (χ1) is 12.8. The second-order valence-corrected chi connectivity index (χ2v) is 6.84. The summed E-state index contributed by atoms with van der Waals surface area (Å²) in [5.41, 5.74) is 3.65. The summed E-state index contributed by atoms with van der Waals surface area (Å²) in [6.45, 7) is 6.32. The van der Waals surface area contributed by atoms with Gasteiger partial charge in [-0.05, 0) is 43.1 Å². The van der Waals surface area contributed by atoms with Crippen LogP contribution in [0.1, 0.15) is 12.0 Å². The largest absolute Gasteiger partial charge is 0.361 e. The van der Waals surface area contributed by atoms with Crippen LogP contribution < -0.4 is 0 Å². The smallest absolute Gasteiger partial charge is 0.123 e. The minimum Gasteiger partial charge on any atom is -0.361 e. The molecular weight excluding hydrogens is 324 g/mol. The van der Waals surface area contributed by atoms with Crippen LogP contribution in [-0.2, 0) is 6.42 Å². The highest BCUT2D eigenvalue weighted by Crippen LogP contribution is 2.23. The summed E-state index contributed by atoms with van der Waals surface area (Å²) in [5.74, 6) is 2.74. The van der Waals surface area contributed by atoms with E-state index in [1.807, 2.05) is 4.57 Å². The first-order valence-corrected chi connectivity index (χ1v) is 9.16. The zero-order chi connectivity index (χ0) is 17.8. The molecule has 3 aromatic rings. The number of terminal acetylenes is 1. The van der Waals surface area contributed by atoms with Gasteiger partial charge in [0.25, 0.3) is 0 Å². The third kappa shape index (κ3) is 3.64. The Morgan fingerprint density at radius 2 is 1.85 bits per heavy atom. The van der Waals surface area contributed by atoms with Crippen molar-refractivity contribution < 1.29 is 0 Å². The summed E-state index contributed by atoms with van der Waals surface area (Å²) in [7, 11) is 0. The third-order valence-corrected chi connectivity index (χ3v) is 5.17. The predicted molar refractivity (Wildman–Crippen MR) is 103 cm³/mol. The van der Waals surface area contributed by atoms with Crippen molar-refractivity contribution in [3.63, 3.8) is 0 Å². The molecule has 0 atom stereocenters. The first kappa shape index (κ1) is 16.8. The summed E-state index contributed by atoms with van der Waals surface area (Å²) in [6.07, 6.45) is 13.2. The average molecular weight is 348 g/mol. The van der Waals surface area contributed by atoms with Crippen LogP contribution in [0.2, 0.25) is 0 Å². The van der Waals surface area contributed by atoms with Gasteiger partial charge in [0.15, 0.2) is 0 Å². The molecule has 1 aliphatic rings. The summed E-state index contributed by atoms with van der Waals surface area (Å²) in [4.78, 5) is 8.29. The molecule has 1 saturated heterocycles. The monoisotopic (exact) mass is 348 g/mol. The molecule has 2 aromatic heterocycles. The van der Waals surface area contributed by atoms with Gasteiger partial charge in [-0.1, -0.05) is 5.92 Å². The van der Waals surface area contributed by atoms with Crippen LogP contribution >= 0.6 is 0 Å². The second kappa shape index (κ2) is 7.73. The highest BCUT2D eigenvalue weighted by molar-refractivity contribution is 5.85. The van der Waals surface area contributed by atoms with E-state index >= 15 is 0 Å². The molecule has 0 bridgehead atoms. The minimum absolute atomic E-state index is 0.776.